The normalized spacial score (nSPS) is 29.5. The number of carbonyl (C=O) groups excluding carboxylic acids is 1. The van der Waals surface area contributed by atoms with Gasteiger partial charge in [0, 0.05) is 31.0 Å². The van der Waals surface area contributed by atoms with Crippen molar-refractivity contribution in [3.63, 3.8) is 0 Å². The molecule has 0 aromatic carbocycles. The summed E-state index contributed by atoms with van der Waals surface area (Å²) in [5.74, 6) is 0.360. The number of hydrogen-bond acceptors (Lipinski definition) is 3. The molecule has 3 atom stereocenters. The van der Waals surface area contributed by atoms with E-state index in [-0.39, 0.29) is 11.8 Å². The number of nitrogens with one attached hydrogen (secondary N) is 2. The van der Waals surface area contributed by atoms with E-state index >= 15 is 0 Å². The third kappa shape index (κ3) is 2.12. The van der Waals surface area contributed by atoms with Crippen molar-refractivity contribution in [1.82, 2.24) is 15.6 Å². The summed E-state index contributed by atoms with van der Waals surface area (Å²) in [7, 11) is 0. The number of rotatable bonds is 3. The van der Waals surface area contributed by atoms with Gasteiger partial charge in [0.15, 0.2) is 0 Å². The van der Waals surface area contributed by atoms with Crippen LogP contribution in [-0.2, 0) is 11.3 Å². The second-order valence-electron chi connectivity index (χ2n) is 5.41. The molecule has 1 amide bonds. The van der Waals surface area contributed by atoms with Crippen LogP contribution in [0.5, 0.6) is 0 Å². The fourth-order valence-electron chi connectivity index (χ4n) is 3.11. The lowest BCUT2D eigenvalue weighted by Crippen LogP contribution is -2.37. The molecule has 4 heteroatoms. The van der Waals surface area contributed by atoms with E-state index in [1.807, 2.05) is 19.2 Å². The molecule has 3 unspecified atom stereocenters. The quantitative estimate of drug-likeness (QED) is 0.840. The third-order valence-electron chi connectivity index (χ3n) is 4.24. The van der Waals surface area contributed by atoms with E-state index in [1.54, 1.807) is 6.20 Å². The second kappa shape index (κ2) is 4.69. The number of fused-ring (bicyclic) bond motifs is 2. The summed E-state index contributed by atoms with van der Waals surface area (Å²) in [6.45, 7) is 2.63. The van der Waals surface area contributed by atoms with Crippen LogP contribution >= 0.6 is 0 Å². The smallest absolute Gasteiger partial charge is 0.225 e. The minimum Gasteiger partial charge on any atom is -0.352 e. The molecule has 2 N–H and O–H groups in total. The van der Waals surface area contributed by atoms with E-state index < -0.39 is 0 Å². The van der Waals surface area contributed by atoms with Gasteiger partial charge in [0.1, 0.15) is 0 Å². The number of carbonyl (C=O) groups is 1. The Morgan fingerprint density at radius 1 is 1.56 bits per heavy atom. The maximum absolute atomic E-state index is 12.1. The first-order chi connectivity index (χ1) is 8.74. The van der Waals surface area contributed by atoms with Gasteiger partial charge in [0.05, 0.1) is 5.92 Å². The van der Waals surface area contributed by atoms with Crippen molar-refractivity contribution in [2.75, 3.05) is 0 Å². The maximum Gasteiger partial charge on any atom is 0.225 e. The highest BCUT2D eigenvalue weighted by Gasteiger charge is 2.42. The van der Waals surface area contributed by atoms with Gasteiger partial charge < -0.3 is 10.6 Å². The molecule has 2 fully saturated rings. The SMILES string of the molecule is Cc1ccncc1CNC(=O)C1CC2CCC1N2. The van der Waals surface area contributed by atoms with Crippen LogP contribution < -0.4 is 10.6 Å². The number of nitrogens with zero attached hydrogens (tertiary/aromatic N) is 1. The van der Waals surface area contributed by atoms with Crippen LogP contribution in [0.3, 0.4) is 0 Å². The summed E-state index contributed by atoms with van der Waals surface area (Å²) in [6, 6.07) is 2.96. The topological polar surface area (TPSA) is 54.0 Å². The van der Waals surface area contributed by atoms with Gasteiger partial charge in [-0.15, -0.1) is 0 Å². The highest BCUT2D eigenvalue weighted by molar-refractivity contribution is 5.80. The van der Waals surface area contributed by atoms with Gasteiger partial charge in [-0.05, 0) is 43.4 Å². The molecule has 2 bridgehead atoms. The highest BCUT2D eigenvalue weighted by Crippen LogP contribution is 2.33. The van der Waals surface area contributed by atoms with Crippen molar-refractivity contribution in [2.24, 2.45) is 5.92 Å². The zero-order valence-corrected chi connectivity index (χ0v) is 10.6. The molecule has 1 aromatic rings. The van der Waals surface area contributed by atoms with Crippen molar-refractivity contribution >= 4 is 5.91 Å². The van der Waals surface area contributed by atoms with Gasteiger partial charge in [-0.1, -0.05) is 0 Å². The molecule has 2 aliphatic heterocycles. The lowest BCUT2D eigenvalue weighted by molar-refractivity contribution is -0.125. The predicted molar refractivity (Wildman–Crippen MR) is 68.9 cm³/mol. The maximum atomic E-state index is 12.1. The zero-order valence-electron chi connectivity index (χ0n) is 10.6. The Labute approximate surface area is 107 Å². The van der Waals surface area contributed by atoms with E-state index in [1.165, 1.54) is 12.0 Å². The van der Waals surface area contributed by atoms with E-state index in [2.05, 4.69) is 15.6 Å². The molecule has 0 spiro atoms. The number of amides is 1. The molecule has 18 heavy (non-hydrogen) atoms. The monoisotopic (exact) mass is 245 g/mol. The van der Waals surface area contributed by atoms with Gasteiger partial charge in [0.25, 0.3) is 0 Å². The van der Waals surface area contributed by atoms with Gasteiger partial charge in [-0.3, -0.25) is 9.78 Å². The Kier molecular flexibility index (Phi) is 3.04. The summed E-state index contributed by atoms with van der Waals surface area (Å²) in [6.07, 6.45) is 6.99. The standard InChI is InChI=1S/C14H19N3O/c1-9-4-5-15-7-10(9)8-16-14(18)12-6-11-2-3-13(12)17-11/h4-5,7,11-13,17H,2-3,6,8H2,1H3,(H,16,18). The Bertz CT molecular complexity index is 460. The molecule has 96 valence electrons. The van der Waals surface area contributed by atoms with Gasteiger partial charge in [0.2, 0.25) is 5.91 Å². The lowest BCUT2D eigenvalue weighted by atomic mass is 9.88. The first-order valence-corrected chi connectivity index (χ1v) is 6.67. The van der Waals surface area contributed by atoms with Crippen LogP contribution in [0.25, 0.3) is 0 Å². The zero-order chi connectivity index (χ0) is 12.5. The van der Waals surface area contributed by atoms with Gasteiger partial charge >= 0.3 is 0 Å². The minimum atomic E-state index is 0.167. The predicted octanol–water partition coefficient (Wildman–Crippen LogP) is 1.15. The third-order valence-corrected chi connectivity index (χ3v) is 4.24. The van der Waals surface area contributed by atoms with E-state index in [0.717, 1.165) is 18.4 Å². The van der Waals surface area contributed by atoms with E-state index in [0.29, 0.717) is 18.6 Å². The Morgan fingerprint density at radius 2 is 2.44 bits per heavy atom. The average Bonchev–Trinajstić information content (AvgIpc) is 2.99. The average molecular weight is 245 g/mol. The molecule has 0 saturated carbocycles. The van der Waals surface area contributed by atoms with Crippen LogP contribution in [0.15, 0.2) is 18.5 Å². The van der Waals surface area contributed by atoms with E-state index in [9.17, 15) is 4.79 Å². The van der Waals surface area contributed by atoms with Crippen LogP contribution in [-0.4, -0.2) is 23.0 Å². The number of aromatic nitrogens is 1. The molecule has 4 nitrogen and oxygen atoms in total. The Hall–Kier alpha value is -1.42. The Morgan fingerprint density at radius 3 is 3.11 bits per heavy atom. The molecule has 3 heterocycles. The fraction of sp³-hybridized carbons (Fsp3) is 0.571. The van der Waals surface area contributed by atoms with Gasteiger partial charge in [-0.2, -0.15) is 0 Å². The van der Waals surface area contributed by atoms with E-state index in [4.69, 9.17) is 0 Å². The van der Waals surface area contributed by atoms with Crippen molar-refractivity contribution in [2.45, 2.75) is 44.8 Å². The molecule has 2 saturated heterocycles. The molecular weight excluding hydrogens is 226 g/mol. The largest absolute Gasteiger partial charge is 0.352 e. The van der Waals surface area contributed by atoms with Crippen LogP contribution in [0, 0.1) is 12.8 Å². The number of pyridine rings is 1. The van der Waals surface area contributed by atoms with Crippen LogP contribution in [0.2, 0.25) is 0 Å². The molecule has 3 rings (SSSR count). The highest BCUT2D eigenvalue weighted by atomic mass is 16.1. The molecule has 1 aromatic heterocycles. The van der Waals surface area contributed by atoms with Crippen molar-refractivity contribution < 1.29 is 4.79 Å². The summed E-state index contributed by atoms with van der Waals surface area (Å²) in [4.78, 5) is 16.2. The number of hydrogen-bond donors (Lipinski definition) is 2. The summed E-state index contributed by atoms with van der Waals surface area (Å²) >= 11 is 0. The molecule has 2 aliphatic rings. The van der Waals surface area contributed by atoms with Crippen LogP contribution in [0.4, 0.5) is 0 Å². The Balaban J connectivity index is 1.58. The molecule has 0 aliphatic carbocycles. The van der Waals surface area contributed by atoms with Crippen molar-refractivity contribution in [3.8, 4) is 0 Å². The van der Waals surface area contributed by atoms with Gasteiger partial charge in [-0.25, -0.2) is 0 Å². The second-order valence-corrected chi connectivity index (χ2v) is 5.41. The first-order valence-electron chi connectivity index (χ1n) is 6.67. The first kappa shape index (κ1) is 11.7. The molecule has 0 radical (unpaired) electrons. The minimum absolute atomic E-state index is 0.167. The van der Waals surface area contributed by atoms with Crippen LogP contribution in [0.1, 0.15) is 30.4 Å². The number of aryl methyl sites for hydroxylation is 1. The fourth-order valence-corrected chi connectivity index (χ4v) is 3.11. The lowest BCUT2D eigenvalue weighted by Gasteiger charge is -2.19. The van der Waals surface area contributed by atoms with Crippen molar-refractivity contribution in [3.05, 3.63) is 29.6 Å². The summed E-state index contributed by atoms with van der Waals surface area (Å²) < 4.78 is 0. The van der Waals surface area contributed by atoms with Crippen molar-refractivity contribution in [1.29, 1.82) is 0 Å². The molecular formula is C14H19N3O. The summed E-state index contributed by atoms with van der Waals surface area (Å²) in [5, 5.41) is 6.54. The summed E-state index contributed by atoms with van der Waals surface area (Å²) in [5.41, 5.74) is 2.28.